The van der Waals surface area contributed by atoms with Gasteiger partial charge in [-0.05, 0) is 31.2 Å². The predicted molar refractivity (Wildman–Crippen MR) is 118 cm³/mol. The average Bonchev–Trinajstić information content (AvgIpc) is 2.90. The summed E-state index contributed by atoms with van der Waals surface area (Å²) in [6.45, 7) is 1.85. The van der Waals surface area contributed by atoms with Crippen LogP contribution in [0.25, 0.3) is 10.2 Å². The second kappa shape index (κ2) is 10.7. The van der Waals surface area contributed by atoms with Crippen molar-refractivity contribution in [2.24, 2.45) is 5.73 Å². The SMILES string of the molecule is CSc1c(CC(C)N)sc2c(NCc3c(F)cncc3F)nc(Cl)nc12.Cl.Cl. The van der Waals surface area contributed by atoms with Crippen molar-refractivity contribution in [3.05, 3.63) is 39.8 Å². The molecule has 0 amide bonds. The molecular formula is C16H18Cl3F2N5S2. The number of rotatable bonds is 6. The summed E-state index contributed by atoms with van der Waals surface area (Å²) in [6.07, 6.45) is 4.60. The molecule has 0 radical (unpaired) electrons. The Morgan fingerprint density at radius 2 is 1.89 bits per heavy atom. The lowest BCUT2D eigenvalue weighted by molar-refractivity contribution is 0.550. The zero-order valence-corrected chi connectivity index (χ0v) is 18.9. The number of anilines is 1. The Bertz CT molecular complexity index is 935. The monoisotopic (exact) mass is 487 g/mol. The average molecular weight is 489 g/mol. The summed E-state index contributed by atoms with van der Waals surface area (Å²) < 4.78 is 28.4. The molecule has 0 aliphatic carbocycles. The van der Waals surface area contributed by atoms with E-state index in [9.17, 15) is 8.78 Å². The molecule has 5 nitrogen and oxygen atoms in total. The molecule has 28 heavy (non-hydrogen) atoms. The normalized spacial score (nSPS) is 11.6. The zero-order valence-electron chi connectivity index (χ0n) is 14.8. The molecule has 0 saturated heterocycles. The summed E-state index contributed by atoms with van der Waals surface area (Å²) in [6, 6.07) is -0.00573. The maximum absolute atomic E-state index is 13.8. The molecule has 0 aliphatic rings. The van der Waals surface area contributed by atoms with Crippen LogP contribution >= 0.6 is 59.5 Å². The Labute approximate surface area is 186 Å². The number of thioether (sulfide) groups is 1. The molecule has 3 N–H and O–H groups in total. The van der Waals surface area contributed by atoms with Crippen LogP contribution in [0.4, 0.5) is 14.6 Å². The molecule has 0 spiro atoms. The van der Waals surface area contributed by atoms with Crippen LogP contribution in [0.1, 0.15) is 17.4 Å². The van der Waals surface area contributed by atoms with E-state index in [1.54, 1.807) is 11.8 Å². The Balaban J connectivity index is 0.00000196. The van der Waals surface area contributed by atoms with Crippen molar-refractivity contribution in [3.63, 3.8) is 0 Å². The third-order valence-electron chi connectivity index (χ3n) is 3.63. The first-order chi connectivity index (χ1) is 12.4. The van der Waals surface area contributed by atoms with Crippen LogP contribution in [0, 0.1) is 11.6 Å². The van der Waals surface area contributed by atoms with E-state index in [0.717, 1.165) is 32.4 Å². The lowest BCUT2D eigenvalue weighted by atomic mass is 10.2. The second-order valence-electron chi connectivity index (χ2n) is 5.69. The van der Waals surface area contributed by atoms with Gasteiger partial charge in [-0.1, -0.05) is 0 Å². The van der Waals surface area contributed by atoms with Crippen LogP contribution in [-0.4, -0.2) is 27.2 Å². The first-order valence-corrected chi connectivity index (χ1v) is 10.1. The Morgan fingerprint density at radius 1 is 1.25 bits per heavy atom. The van der Waals surface area contributed by atoms with Gasteiger partial charge in [0.15, 0.2) is 0 Å². The number of nitrogens with two attached hydrogens (primary N) is 1. The minimum Gasteiger partial charge on any atom is -0.364 e. The van der Waals surface area contributed by atoms with E-state index in [2.05, 4.69) is 20.3 Å². The topological polar surface area (TPSA) is 76.7 Å². The number of halogens is 5. The lowest BCUT2D eigenvalue weighted by Crippen LogP contribution is -2.17. The highest BCUT2D eigenvalue weighted by Gasteiger charge is 2.19. The molecule has 3 aromatic rings. The van der Waals surface area contributed by atoms with Crippen LogP contribution in [0.5, 0.6) is 0 Å². The molecule has 3 heterocycles. The van der Waals surface area contributed by atoms with Gasteiger partial charge in [-0.25, -0.2) is 13.8 Å². The first-order valence-electron chi connectivity index (χ1n) is 7.71. The Hall–Kier alpha value is -0.970. The third-order valence-corrected chi connectivity index (χ3v) is 5.98. The van der Waals surface area contributed by atoms with E-state index in [4.69, 9.17) is 17.3 Å². The van der Waals surface area contributed by atoms with Crippen molar-refractivity contribution >= 4 is 75.5 Å². The highest BCUT2D eigenvalue weighted by Crippen LogP contribution is 2.40. The molecular weight excluding hydrogens is 471 g/mol. The summed E-state index contributed by atoms with van der Waals surface area (Å²) in [4.78, 5) is 14.1. The van der Waals surface area contributed by atoms with Gasteiger partial charge in [-0.15, -0.1) is 47.9 Å². The molecule has 3 rings (SSSR count). The largest absolute Gasteiger partial charge is 0.364 e. The van der Waals surface area contributed by atoms with Gasteiger partial charge in [-0.2, -0.15) is 4.98 Å². The molecule has 12 heteroatoms. The summed E-state index contributed by atoms with van der Waals surface area (Å²) in [7, 11) is 0. The van der Waals surface area contributed by atoms with Gasteiger partial charge >= 0.3 is 0 Å². The van der Waals surface area contributed by atoms with E-state index >= 15 is 0 Å². The van der Waals surface area contributed by atoms with Gasteiger partial charge in [0.25, 0.3) is 0 Å². The molecule has 0 saturated carbocycles. The molecule has 0 bridgehead atoms. The molecule has 1 atom stereocenters. The van der Waals surface area contributed by atoms with Gasteiger partial charge in [0, 0.05) is 27.9 Å². The third kappa shape index (κ3) is 5.34. The first kappa shape index (κ1) is 25.1. The van der Waals surface area contributed by atoms with Gasteiger partial charge < -0.3 is 11.1 Å². The summed E-state index contributed by atoms with van der Waals surface area (Å²) >= 11 is 9.13. The van der Waals surface area contributed by atoms with Crippen LogP contribution in [0.2, 0.25) is 5.28 Å². The Morgan fingerprint density at radius 3 is 2.46 bits per heavy atom. The predicted octanol–water partition coefficient (Wildman–Crippen LogP) is 5.09. The van der Waals surface area contributed by atoms with E-state index in [1.165, 1.54) is 11.3 Å². The number of aromatic nitrogens is 3. The maximum atomic E-state index is 13.8. The van der Waals surface area contributed by atoms with E-state index in [0.29, 0.717) is 12.2 Å². The highest BCUT2D eigenvalue weighted by atomic mass is 35.5. The number of nitrogens with one attached hydrogen (secondary N) is 1. The molecule has 0 fully saturated rings. The smallest absolute Gasteiger partial charge is 0.225 e. The fraction of sp³-hybridized carbons (Fsp3) is 0.312. The van der Waals surface area contributed by atoms with Gasteiger partial charge in [-0.3, -0.25) is 4.98 Å². The minimum absolute atomic E-state index is 0. The number of pyridine rings is 1. The number of hydrogen-bond acceptors (Lipinski definition) is 7. The summed E-state index contributed by atoms with van der Waals surface area (Å²) in [5.41, 5.74) is 6.54. The van der Waals surface area contributed by atoms with Crippen molar-refractivity contribution < 1.29 is 8.78 Å². The number of hydrogen-bond donors (Lipinski definition) is 2. The second-order valence-corrected chi connectivity index (χ2v) is 7.95. The number of thiophene rings is 1. The maximum Gasteiger partial charge on any atom is 0.225 e. The van der Waals surface area contributed by atoms with Crippen LogP contribution in [-0.2, 0) is 13.0 Å². The fourth-order valence-corrected chi connectivity index (χ4v) is 5.01. The van der Waals surface area contributed by atoms with Gasteiger partial charge in [0.2, 0.25) is 5.28 Å². The molecule has 0 aromatic carbocycles. The molecule has 0 aliphatic heterocycles. The zero-order chi connectivity index (χ0) is 18.8. The fourth-order valence-electron chi connectivity index (χ4n) is 2.51. The lowest BCUT2D eigenvalue weighted by Gasteiger charge is -2.08. The standard InChI is InChI=1S/C16H16ClF2N5S2.2ClH/c1-7(20)3-11-13(25-2)12-14(26-11)15(24-16(17)23-12)22-4-8-9(18)5-21-6-10(8)19;;/h5-7H,3-4,20H2,1-2H3,(H,22,23,24);2*1H. The quantitative estimate of drug-likeness (QED) is 0.372. The van der Waals surface area contributed by atoms with Crippen molar-refractivity contribution in [2.45, 2.75) is 30.8 Å². The molecule has 1 unspecified atom stereocenters. The van der Waals surface area contributed by atoms with Crippen LogP contribution < -0.4 is 11.1 Å². The summed E-state index contributed by atoms with van der Waals surface area (Å²) in [5.74, 6) is -1.00. The van der Waals surface area contributed by atoms with Gasteiger partial charge in [0.05, 0.1) is 17.1 Å². The van der Waals surface area contributed by atoms with E-state index < -0.39 is 11.6 Å². The van der Waals surface area contributed by atoms with E-state index in [-0.39, 0.29) is 48.2 Å². The van der Waals surface area contributed by atoms with Gasteiger partial charge in [0.1, 0.15) is 23.0 Å². The summed E-state index contributed by atoms with van der Waals surface area (Å²) in [5, 5.41) is 3.04. The van der Waals surface area contributed by atoms with Crippen molar-refractivity contribution in [1.29, 1.82) is 0 Å². The van der Waals surface area contributed by atoms with Crippen LogP contribution in [0.15, 0.2) is 17.3 Å². The number of nitrogens with zero attached hydrogens (tertiary/aromatic N) is 3. The molecule has 154 valence electrons. The van der Waals surface area contributed by atoms with Crippen molar-refractivity contribution in [1.82, 2.24) is 15.0 Å². The minimum atomic E-state index is -0.720. The van der Waals surface area contributed by atoms with Crippen LogP contribution in [0.3, 0.4) is 0 Å². The Kier molecular flexibility index (Phi) is 9.58. The van der Waals surface area contributed by atoms with Crippen molar-refractivity contribution in [2.75, 3.05) is 11.6 Å². The van der Waals surface area contributed by atoms with E-state index in [1.807, 2.05) is 13.2 Å². The molecule has 3 aromatic heterocycles. The highest BCUT2D eigenvalue weighted by molar-refractivity contribution is 7.99. The number of fused-ring (bicyclic) bond motifs is 1. The van der Waals surface area contributed by atoms with Crippen molar-refractivity contribution in [3.8, 4) is 0 Å².